The molecule has 1 nitrogen and oxygen atoms in total. The van der Waals surface area contributed by atoms with Crippen LogP contribution in [0.15, 0.2) is 24.3 Å². The molecule has 0 bridgehead atoms. The van der Waals surface area contributed by atoms with E-state index in [1.165, 1.54) is 24.0 Å². The molecule has 0 aliphatic carbocycles. The predicted octanol–water partition coefficient (Wildman–Crippen LogP) is 4.55. The summed E-state index contributed by atoms with van der Waals surface area (Å²) in [5.41, 5.74) is 3.50. The molecule has 0 aromatic heterocycles. The summed E-state index contributed by atoms with van der Waals surface area (Å²) in [7, 11) is 0. The van der Waals surface area contributed by atoms with E-state index in [2.05, 4.69) is 71.1 Å². The average Bonchev–Trinajstić information content (AvgIpc) is 2.34. The van der Waals surface area contributed by atoms with Gasteiger partial charge in [0.1, 0.15) is 0 Å². The molecule has 1 heteroatoms. The van der Waals surface area contributed by atoms with Gasteiger partial charge < -0.3 is 5.32 Å². The van der Waals surface area contributed by atoms with Crippen LogP contribution in [0, 0.1) is 5.41 Å². The molecule has 0 radical (unpaired) electrons. The van der Waals surface area contributed by atoms with Crippen molar-refractivity contribution in [2.24, 2.45) is 5.41 Å². The van der Waals surface area contributed by atoms with Crippen molar-refractivity contribution in [3.8, 4) is 0 Å². The van der Waals surface area contributed by atoms with Gasteiger partial charge in [0.2, 0.25) is 0 Å². The normalized spacial score (nSPS) is 12.7. The minimum Gasteiger partial charge on any atom is -0.316 e. The van der Waals surface area contributed by atoms with Gasteiger partial charge in [-0.3, -0.25) is 0 Å². The lowest BCUT2D eigenvalue weighted by molar-refractivity contribution is 0.318. The third-order valence-corrected chi connectivity index (χ3v) is 3.76. The first-order valence-electron chi connectivity index (χ1n) is 7.55. The number of nitrogens with one attached hydrogen (secondary N) is 1. The Bertz CT molecular complexity index is 368. The summed E-state index contributed by atoms with van der Waals surface area (Å²) < 4.78 is 0. The summed E-state index contributed by atoms with van der Waals surface area (Å²) in [6.07, 6.45) is 2.40. The average molecular weight is 261 g/mol. The van der Waals surface area contributed by atoms with Gasteiger partial charge in [0, 0.05) is 6.54 Å². The van der Waals surface area contributed by atoms with Crippen LogP contribution in [0.5, 0.6) is 0 Å². The Kier molecular flexibility index (Phi) is 5.61. The number of hydrogen-bond acceptors (Lipinski definition) is 1. The lowest BCUT2D eigenvalue weighted by Gasteiger charge is -2.25. The van der Waals surface area contributed by atoms with E-state index in [0.29, 0.717) is 5.41 Å². The van der Waals surface area contributed by atoms with E-state index in [9.17, 15) is 0 Å². The van der Waals surface area contributed by atoms with Crippen LogP contribution in [0.25, 0.3) is 0 Å². The first-order chi connectivity index (χ1) is 8.74. The highest BCUT2D eigenvalue weighted by atomic mass is 14.9. The first-order valence-corrected chi connectivity index (χ1v) is 7.55. The maximum atomic E-state index is 3.45. The van der Waals surface area contributed by atoms with Crippen molar-refractivity contribution in [1.29, 1.82) is 0 Å². The molecule has 108 valence electrons. The summed E-state index contributed by atoms with van der Waals surface area (Å²) >= 11 is 0. The molecular formula is C18H31N. The fourth-order valence-corrected chi connectivity index (χ4v) is 2.21. The molecule has 1 aromatic carbocycles. The number of hydrogen-bond donors (Lipinski definition) is 1. The fourth-order valence-electron chi connectivity index (χ4n) is 2.21. The van der Waals surface area contributed by atoms with Gasteiger partial charge in [0.05, 0.1) is 0 Å². The van der Waals surface area contributed by atoms with Crippen molar-refractivity contribution < 1.29 is 0 Å². The third-order valence-electron chi connectivity index (χ3n) is 3.76. The Labute approximate surface area is 119 Å². The Morgan fingerprint density at radius 2 is 1.53 bits per heavy atom. The standard InChI is InChI=1S/C18H31N/c1-7-19-14-18(5,6)13-12-15-8-10-16(11-9-15)17(2,3)4/h8-11,19H,7,12-14H2,1-6H3. The number of rotatable bonds is 6. The van der Waals surface area contributed by atoms with Gasteiger partial charge in [-0.15, -0.1) is 0 Å². The largest absolute Gasteiger partial charge is 0.316 e. The van der Waals surface area contributed by atoms with Gasteiger partial charge in [-0.1, -0.05) is 65.8 Å². The molecular weight excluding hydrogens is 230 g/mol. The summed E-state index contributed by atoms with van der Waals surface area (Å²) in [4.78, 5) is 0. The maximum absolute atomic E-state index is 3.45. The predicted molar refractivity (Wildman–Crippen MR) is 85.8 cm³/mol. The second kappa shape index (κ2) is 6.56. The Morgan fingerprint density at radius 1 is 0.947 bits per heavy atom. The second-order valence-electron chi connectivity index (χ2n) is 7.39. The Hall–Kier alpha value is -0.820. The zero-order valence-electron chi connectivity index (χ0n) is 13.6. The molecule has 0 aliphatic heterocycles. The van der Waals surface area contributed by atoms with Crippen molar-refractivity contribution in [1.82, 2.24) is 5.32 Å². The van der Waals surface area contributed by atoms with E-state index in [4.69, 9.17) is 0 Å². The molecule has 1 N–H and O–H groups in total. The summed E-state index contributed by atoms with van der Waals surface area (Å²) in [6, 6.07) is 9.16. The molecule has 0 heterocycles. The quantitative estimate of drug-likeness (QED) is 0.792. The highest BCUT2D eigenvalue weighted by Gasteiger charge is 2.17. The summed E-state index contributed by atoms with van der Waals surface area (Å²) in [6.45, 7) is 15.8. The fraction of sp³-hybridized carbons (Fsp3) is 0.667. The van der Waals surface area contributed by atoms with Gasteiger partial charge in [0.25, 0.3) is 0 Å². The number of benzene rings is 1. The lowest BCUT2D eigenvalue weighted by Crippen LogP contribution is -2.29. The maximum Gasteiger partial charge on any atom is 0.000251 e. The zero-order chi connectivity index (χ0) is 14.5. The molecule has 19 heavy (non-hydrogen) atoms. The van der Waals surface area contributed by atoms with E-state index >= 15 is 0 Å². The molecule has 0 spiro atoms. The molecule has 1 rings (SSSR count). The second-order valence-corrected chi connectivity index (χ2v) is 7.39. The first kappa shape index (κ1) is 16.2. The van der Waals surface area contributed by atoms with E-state index in [-0.39, 0.29) is 5.41 Å². The summed E-state index contributed by atoms with van der Waals surface area (Å²) in [5, 5.41) is 3.45. The van der Waals surface area contributed by atoms with Crippen LogP contribution < -0.4 is 5.32 Å². The molecule has 0 saturated carbocycles. The topological polar surface area (TPSA) is 12.0 Å². The van der Waals surface area contributed by atoms with Crippen LogP contribution >= 0.6 is 0 Å². The van der Waals surface area contributed by atoms with E-state index in [1.54, 1.807) is 0 Å². The highest BCUT2D eigenvalue weighted by molar-refractivity contribution is 5.27. The number of aryl methyl sites for hydroxylation is 1. The van der Waals surface area contributed by atoms with Crippen LogP contribution in [-0.2, 0) is 11.8 Å². The molecule has 0 saturated heterocycles. The molecule has 0 amide bonds. The van der Waals surface area contributed by atoms with Crippen molar-refractivity contribution in [2.45, 2.75) is 59.8 Å². The smallest absolute Gasteiger partial charge is 0.000251 e. The van der Waals surface area contributed by atoms with Crippen LogP contribution in [0.4, 0.5) is 0 Å². The van der Waals surface area contributed by atoms with E-state index in [1.807, 2.05) is 0 Å². The van der Waals surface area contributed by atoms with Crippen molar-refractivity contribution in [2.75, 3.05) is 13.1 Å². The zero-order valence-corrected chi connectivity index (χ0v) is 13.6. The summed E-state index contributed by atoms with van der Waals surface area (Å²) in [5.74, 6) is 0. The molecule has 1 aromatic rings. The van der Waals surface area contributed by atoms with Crippen molar-refractivity contribution in [3.63, 3.8) is 0 Å². The minimum atomic E-state index is 0.253. The van der Waals surface area contributed by atoms with Crippen LogP contribution in [0.2, 0.25) is 0 Å². The van der Waals surface area contributed by atoms with Crippen LogP contribution in [-0.4, -0.2) is 13.1 Å². The van der Waals surface area contributed by atoms with E-state index in [0.717, 1.165) is 13.1 Å². The molecule has 0 aliphatic rings. The Balaban J connectivity index is 2.54. The van der Waals surface area contributed by atoms with Crippen molar-refractivity contribution in [3.05, 3.63) is 35.4 Å². The Morgan fingerprint density at radius 3 is 2.00 bits per heavy atom. The van der Waals surface area contributed by atoms with Crippen molar-refractivity contribution >= 4 is 0 Å². The van der Waals surface area contributed by atoms with Gasteiger partial charge in [-0.25, -0.2) is 0 Å². The molecule has 0 atom stereocenters. The van der Waals surface area contributed by atoms with Gasteiger partial charge in [0.15, 0.2) is 0 Å². The van der Waals surface area contributed by atoms with Crippen LogP contribution in [0.3, 0.4) is 0 Å². The van der Waals surface area contributed by atoms with Gasteiger partial charge >= 0.3 is 0 Å². The van der Waals surface area contributed by atoms with Crippen LogP contribution in [0.1, 0.15) is 59.1 Å². The highest BCUT2D eigenvalue weighted by Crippen LogP contribution is 2.25. The van der Waals surface area contributed by atoms with E-state index < -0.39 is 0 Å². The molecule has 0 fully saturated rings. The van der Waals surface area contributed by atoms with Gasteiger partial charge in [-0.2, -0.15) is 0 Å². The third kappa shape index (κ3) is 5.78. The SMILES string of the molecule is CCNCC(C)(C)CCc1ccc(C(C)(C)C)cc1. The monoisotopic (exact) mass is 261 g/mol. The van der Waals surface area contributed by atoms with Gasteiger partial charge in [-0.05, 0) is 41.3 Å². The molecule has 0 unspecified atom stereocenters. The minimum absolute atomic E-state index is 0.253. The lowest BCUT2D eigenvalue weighted by atomic mass is 9.84.